The zero-order chi connectivity index (χ0) is 13.8. The fourth-order valence-electron chi connectivity index (χ4n) is 2.08. The molecule has 0 bridgehead atoms. The molecular weight excluding hydrogens is 244 g/mol. The fourth-order valence-corrected chi connectivity index (χ4v) is 2.08. The van der Waals surface area contributed by atoms with Crippen LogP contribution in [0.5, 0.6) is 0 Å². The standard InChI is InChI=1S/C14H14N2O3/c1-9(17)16-13(8-14(18)19)11-6-7-15-12-5-3-2-4-10(11)12/h2-7,13H,8H2,1H3,(H,16,17)(H,18,19)/t13-/m0/s1. The predicted molar refractivity (Wildman–Crippen MR) is 70.6 cm³/mol. The highest BCUT2D eigenvalue weighted by molar-refractivity contribution is 5.84. The van der Waals surface area contributed by atoms with Gasteiger partial charge in [-0.25, -0.2) is 0 Å². The molecule has 0 aliphatic rings. The summed E-state index contributed by atoms with van der Waals surface area (Å²) in [6.07, 6.45) is 1.46. The first kappa shape index (κ1) is 13.0. The van der Waals surface area contributed by atoms with Crippen LogP contribution in [0.2, 0.25) is 0 Å². The van der Waals surface area contributed by atoms with E-state index < -0.39 is 12.0 Å². The number of aromatic nitrogens is 1. The van der Waals surface area contributed by atoms with E-state index in [0.29, 0.717) is 0 Å². The van der Waals surface area contributed by atoms with Crippen LogP contribution < -0.4 is 5.32 Å². The Balaban J connectivity index is 2.48. The zero-order valence-electron chi connectivity index (χ0n) is 10.5. The second kappa shape index (κ2) is 5.48. The number of rotatable bonds is 4. The van der Waals surface area contributed by atoms with Crippen LogP contribution in [0.15, 0.2) is 36.5 Å². The van der Waals surface area contributed by atoms with Gasteiger partial charge in [0.15, 0.2) is 0 Å². The number of hydrogen-bond donors (Lipinski definition) is 2. The van der Waals surface area contributed by atoms with Gasteiger partial charge in [0.2, 0.25) is 5.91 Å². The molecule has 2 N–H and O–H groups in total. The van der Waals surface area contributed by atoms with Gasteiger partial charge < -0.3 is 10.4 Å². The number of carbonyl (C=O) groups excluding carboxylic acids is 1. The van der Waals surface area contributed by atoms with Gasteiger partial charge in [0.1, 0.15) is 0 Å². The molecule has 1 aromatic carbocycles. The minimum absolute atomic E-state index is 0.159. The van der Waals surface area contributed by atoms with Crippen molar-refractivity contribution in [1.82, 2.24) is 10.3 Å². The number of carboxylic acids is 1. The van der Waals surface area contributed by atoms with E-state index in [2.05, 4.69) is 10.3 Å². The monoisotopic (exact) mass is 258 g/mol. The van der Waals surface area contributed by atoms with Crippen LogP contribution in [-0.4, -0.2) is 22.0 Å². The third-order valence-corrected chi connectivity index (χ3v) is 2.81. The van der Waals surface area contributed by atoms with Crippen molar-refractivity contribution in [3.05, 3.63) is 42.1 Å². The molecule has 0 fully saturated rings. The van der Waals surface area contributed by atoms with Crippen LogP contribution in [-0.2, 0) is 9.59 Å². The molecule has 1 amide bonds. The Bertz CT molecular complexity index is 604. The third kappa shape index (κ3) is 3.07. The summed E-state index contributed by atoms with van der Waals surface area (Å²) in [7, 11) is 0. The Morgan fingerprint density at radius 1 is 1.32 bits per heavy atom. The van der Waals surface area contributed by atoms with Crippen molar-refractivity contribution in [3.8, 4) is 0 Å². The summed E-state index contributed by atoms with van der Waals surface area (Å²) in [6.45, 7) is 1.37. The summed E-state index contributed by atoms with van der Waals surface area (Å²) in [5.41, 5.74) is 1.55. The Labute approximate surface area is 110 Å². The minimum Gasteiger partial charge on any atom is -0.481 e. The highest BCUT2D eigenvalue weighted by Crippen LogP contribution is 2.24. The Morgan fingerprint density at radius 3 is 2.74 bits per heavy atom. The van der Waals surface area contributed by atoms with Crippen LogP contribution >= 0.6 is 0 Å². The average molecular weight is 258 g/mol. The van der Waals surface area contributed by atoms with Crippen LogP contribution in [0.4, 0.5) is 0 Å². The first-order chi connectivity index (χ1) is 9.08. The molecule has 98 valence electrons. The van der Waals surface area contributed by atoms with E-state index in [0.717, 1.165) is 16.5 Å². The molecule has 1 atom stereocenters. The van der Waals surface area contributed by atoms with E-state index in [-0.39, 0.29) is 12.3 Å². The molecule has 5 nitrogen and oxygen atoms in total. The van der Waals surface area contributed by atoms with Crippen molar-refractivity contribution in [1.29, 1.82) is 0 Å². The maximum Gasteiger partial charge on any atom is 0.305 e. The molecule has 5 heteroatoms. The van der Waals surface area contributed by atoms with Gasteiger partial charge in [-0.05, 0) is 17.7 Å². The fraction of sp³-hybridized carbons (Fsp3) is 0.214. The number of pyridine rings is 1. The zero-order valence-corrected chi connectivity index (χ0v) is 10.5. The van der Waals surface area contributed by atoms with E-state index in [9.17, 15) is 9.59 Å². The first-order valence-corrected chi connectivity index (χ1v) is 5.90. The molecule has 0 radical (unpaired) electrons. The quantitative estimate of drug-likeness (QED) is 0.877. The Kier molecular flexibility index (Phi) is 3.75. The van der Waals surface area contributed by atoms with Gasteiger partial charge in [-0.1, -0.05) is 18.2 Å². The highest BCUT2D eigenvalue weighted by atomic mass is 16.4. The lowest BCUT2D eigenvalue weighted by molar-refractivity contribution is -0.137. The summed E-state index contributed by atoms with van der Waals surface area (Å²) in [4.78, 5) is 26.4. The van der Waals surface area contributed by atoms with Crippen molar-refractivity contribution in [2.24, 2.45) is 0 Å². The van der Waals surface area contributed by atoms with Crippen molar-refractivity contribution in [2.45, 2.75) is 19.4 Å². The second-order valence-corrected chi connectivity index (χ2v) is 4.27. The summed E-state index contributed by atoms with van der Waals surface area (Å²) >= 11 is 0. The van der Waals surface area contributed by atoms with Gasteiger partial charge in [0.05, 0.1) is 18.0 Å². The lowest BCUT2D eigenvalue weighted by Gasteiger charge is -2.18. The number of nitrogens with one attached hydrogen (secondary N) is 1. The lowest BCUT2D eigenvalue weighted by atomic mass is 9.99. The maximum absolute atomic E-state index is 11.2. The molecule has 0 spiro atoms. The maximum atomic E-state index is 11.2. The number of carboxylic acid groups (broad SMARTS) is 1. The van der Waals surface area contributed by atoms with E-state index in [1.807, 2.05) is 24.3 Å². The molecule has 1 heterocycles. The third-order valence-electron chi connectivity index (χ3n) is 2.81. The summed E-state index contributed by atoms with van der Waals surface area (Å²) < 4.78 is 0. The predicted octanol–water partition coefficient (Wildman–Crippen LogP) is 1.89. The van der Waals surface area contributed by atoms with Crippen LogP contribution in [0.1, 0.15) is 24.9 Å². The molecule has 0 aliphatic heterocycles. The number of nitrogens with zero attached hydrogens (tertiary/aromatic N) is 1. The molecule has 2 rings (SSSR count). The number of fused-ring (bicyclic) bond motifs is 1. The van der Waals surface area contributed by atoms with E-state index in [1.165, 1.54) is 6.92 Å². The van der Waals surface area contributed by atoms with E-state index >= 15 is 0 Å². The first-order valence-electron chi connectivity index (χ1n) is 5.90. The largest absolute Gasteiger partial charge is 0.481 e. The molecule has 0 saturated heterocycles. The number of aliphatic carboxylic acids is 1. The highest BCUT2D eigenvalue weighted by Gasteiger charge is 2.18. The molecule has 0 unspecified atom stereocenters. The normalized spacial score (nSPS) is 12.1. The Morgan fingerprint density at radius 2 is 2.05 bits per heavy atom. The average Bonchev–Trinajstić information content (AvgIpc) is 2.36. The molecule has 0 saturated carbocycles. The Hall–Kier alpha value is -2.43. The SMILES string of the molecule is CC(=O)N[C@@H](CC(=O)O)c1ccnc2ccccc12. The van der Waals surface area contributed by atoms with Crippen molar-refractivity contribution >= 4 is 22.8 Å². The van der Waals surface area contributed by atoms with Gasteiger partial charge in [-0.15, -0.1) is 0 Å². The molecule has 2 aromatic rings. The topological polar surface area (TPSA) is 79.3 Å². The van der Waals surface area contributed by atoms with Crippen molar-refractivity contribution in [2.75, 3.05) is 0 Å². The lowest BCUT2D eigenvalue weighted by Crippen LogP contribution is -2.28. The number of benzene rings is 1. The summed E-state index contributed by atoms with van der Waals surface area (Å²) in [5, 5.41) is 12.5. The van der Waals surface area contributed by atoms with Crippen molar-refractivity contribution in [3.63, 3.8) is 0 Å². The molecule has 19 heavy (non-hydrogen) atoms. The number of para-hydroxylation sites is 1. The minimum atomic E-state index is -0.959. The summed E-state index contributed by atoms with van der Waals surface area (Å²) in [6, 6.07) is 8.64. The van der Waals surface area contributed by atoms with Crippen LogP contribution in [0.3, 0.4) is 0 Å². The van der Waals surface area contributed by atoms with E-state index in [4.69, 9.17) is 5.11 Å². The number of amides is 1. The van der Waals surface area contributed by atoms with Gasteiger partial charge in [-0.3, -0.25) is 14.6 Å². The van der Waals surface area contributed by atoms with Gasteiger partial charge in [0.25, 0.3) is 0 Å². The number of hydrogen-bond acceptors (Lipinski definition) is 3. The van der Waals surface area contributed by atoms with E-state index in [1.54, 1.807) is 12.3 Å². The smallest absolute Gasteiger partial charge is 0.305 e. The van der Waals surface area contributed by atoms with Gasteiger partial charge in [-0.2, -0.15) is 0 Å². The molecular formula is C14H14N2O3. The molecule has 1 aromatic heterocycles. The van der Waals surface area contributed by atoms with Crippen LogP contribution in [0.25, 0.3) is 10.9 Å². The molecule has 0 aliphatic carbocycles. The van der Waals surface area contributed by atoms with Crippen LogP contribution in [0, 0.1) is 0 Å². The summed E-state index contributed by atoms with van der Waals surface area (Å²) in [5.74, 6) is -1.22. The van der Waals surface area contributed by atoms with Gasteiger partial charge >= 0.3 is 5.97 Å². The van der Waals surface area contributed by atoms with Crippen molar-refractivity contribution < 1.29 is 14.7 Å². The van der Waals surface area contributed by atoms with Gasteiger partial charge in [0, 0.05) is 18.5 Å². The second-order valence-electron chi connectivity index (χ2n) is 4.27. The number of carbonyl (C=O) groups is 2.